The molecule has 10 heteroatoms. The highest BCUT2D eigenvalue weighted by atomic mass is 32.3. The van der Waals surface area contributed by atoms with Crippen molar-refractivity contribution < 1.29 is 35.0 Å². The molecule has 0 aromatic rings. The zero-order valence-corrected chi connectivity index (χ0v) is 7.87. The third-order valence-electron chi connectivity index (χ3n) is 0. The molecule has 0 spiro atoms. The standard InChI is InChI=1S/C2H6.2H2O4S/c1-2;2*1-5(2,3)4/h1-2H3;2*(H2,1,2,3,4). The summed E-state index contributed by atoms with van der Waals surface area (Å²) in [4.78, 5) is 0. The van der Waals surface area contributed by atoms with Crippen molar-refractivity contribution >= 4 is 20.8 Å². The second kappa shape index (κ2) is 7.39. The van der Waals surface area contributed by atoms with E-state index in [0.717, 1.165) is 0 Å². The van der Waals surface area contributed by atoms with Crippen LogP contribution in [0.2, 0.25) is 0 Å². The van der Waals surface area contributed by atoms with Crippen molar-refractivity contribution in [2.24, 2.45) is 0 Å². The van der Waals surface area contributed by atoms with Crippen molar-refractivity contribution in [1.29, 1.82) is 0 Å². The molecule has 4 N–H and O–H groups in total. The van der Waals surface area contributed by atoms with Crippen LogP contribution in [-0.4, -0.2) is 35.0 Å². The molecule has 12 heavy (non-hydrogen) atoms. The summed E-state index contributed by atoms with van der Waals surface area (Å²) in [5.74, 6) is 0. The predicted molar refractivity (Wildman–Crippen MR) is 39.7 cm³/mol. The van der Waals surface area contributed by atoms with Gasteiger partial charge in [0.25, 0.3) is 0 Å². The fraction of sp³-hybridized carbons (Fsp3) is 1.00. The van der Waals surface area contributed by atoms with Gasteiger partial charge in [0.05, 0.1) is 0 Å². The van der Waals surface area contributed by atoms with Crippen molar-refractivity contribution in [2.75, 3.05) is 0 Å². The molecule has 0 aromatic carbocycles. The molecule has 0 aliphatic carbocycles. The van der Waals surface area contributed by atoms with Gasteiger partial charge in [0.2, 0.25) is 0 Å². The van der Waals surface area contributed by atoms with E-state index in [9.17, 15) is 0 Å². The van der Waals surface area contributed by atoms with Crippen LogP contribution in [0.3, 0.4) is 0 Å². The molecule has 0 unspecified atom stereocenters. The average Bonchev–Trinajstić information content (AvgIpc) is 1.59. The van der Waals surface area contributed by atoms with E-state index in [1.54, 1.807) is 0 Å². The average molecular weight is 226 g/mol. The Balaban J connectivity index is -0.000000112. The fourth-order valence-electron chi connectivity index (χ4n) is 0. The zero-order chi connectivity index (χ0) is 11.0. The topological polar surface area (TPSA) is 149 Å². The molecule has 0 saturated carbocycles. The Morgan fingerprint density at radius 3 is 0.667 bits per heavy atom. The van der Waals surface area contributed by atoms with E-state index in [4.69, 9.17) is 35.0 Å². The smallest absolute Gasteiger partial charge is 0.264 e. The summed E-state index contributed by atoms with van der Waals surface area (Å²) >= 11 is 0. The maximum absolute atomic E-state index is 8.74. The molecule has 0 amide bonds. The molecule has 0 saturated heterocycles. The lowest BCUT2D eigenvalue weighted by atomic mass is 11.0. The van der Waals surface area contributed by atoms with Crippen LogP contribution in [0.1, 0.15) is 13.8 Å². The molecule has 0 fully saturated rings. The lowest BCUT2D eigenvalue weighted by molar-refractivity contribution is 0.378. The maximum atomic E-state index is 8.74. The van der Waals surface area contributed by atoms with Crippen molar-refractivity contribution in [1.82, 2.24) is 0 Å². The summed E-state index contributed by atoms with van der Waals surface area (Å²) in [6, 6.07) is 0. The molecule has 0 heterocycles. The van der Waals surface area contributed by atoms with E-state index >= 15 is 0 Å². The number of rotatable bonds is 0. The first-order valence-electron chi connectivity index (χ1n) is 2.40. The largest absolute Gasteiger partial charge is 0.394 e. The van der Waals surface area contributed by atoms with Gasteiger partial charge in [0.15, 0.2) is 0 Å². The Kier molecular flexibility index (Phi) is 10.9. The van der Waals surface area contributed by atoms with Crippen molar-refractivity contribution in [3.8, 4) is 0 Å². The first kappa shape index (κ1) is 17.7. The van der Waals surface area contributed by atoms with E-state index in [2.05, 4.69) is 0 Å². The summed E-state index contributed by atoms with van der Waals surface area (Å²) < 4.78 is 63.2. The van der Waals surface area contributed by atoms with Gasteiger partial charge in [-0.3, -0.25) is 18.2 Å². The molecule has 0 radical (unpaired) electrons. The van der Waals surface area contributed by atoms with Gasteiger partial charge in [0.1, 0.15) is 0 Å². The van der Waals surface area contributed by atoms with E-state index in [-0.39, 0.29) is 0 Å². The van der Waals surface area contributed by atoms with Crippen LogP contribution >= 0.6 is 0 Å². The van der Waals surface area contributed by atoms with Crippen LogP contribution in [-0.2, 0) is 20.8 Å². The highest BCUT2D eigenvalue weighted by Gasteiger charge is 1.85. The quantitative estimate of drug-likeness (QED) is 0.412. The molecule has 0 aromatic heterocycles. The van der Waals surface area contributed by atoms with E-state index < -0.39 is 20.8 Å². The molecule has 0 aliphatic heterocycles. The minimum absolute atomic E-state index is 2.00. The second-order valence-corrected chi connectivity index (χ2v) is 2.69. The van der Waals surface area contributed by atoms with Gasteiger partial charge in [-0.2, -0.15) is 16.8 Å². The van der Waals surface area contributed by atoms with Crippen LogP contribution in [0.25, 0.3) is 0 Å². The SMILES string of the molecule is CC.O=S(=O)(O)O.O=S(=O)(O)O. The van der Waals surface area contributed by atoms with Gasteiger partial charge in [-0.15, -0.1) is 0 Å². The first-order chi connectivity index (χ1) is 5.00. The Labute approximate surface area is 70.4 Å². The molecule has 0 aliphatic rings. The van der Waals surface area contributed by atoms with Crippen LogP contribution in [0, 0.1) is 0 Å². The Morgan fingerprint density at radius 2 is 0.667 bits per heavy atom. The van der Waals surface area contributed by atoms with E-state index in [1.807, 2.05) is 13.8 Å². The Morgan fingerprint density at radius 1 is 0.667 bits per heavy atom. The van der Waals surface area contributed by atoms with Crippen molar-refractivity contribution in [2.45, 2.75) is 13.8 Å². The van der Waals surface area contributed by atoms with Crippen LogP contribution in [0.15, 0.2) is 0 Å². The third kappa shape index (κ3) is 11000. The van der Waals surface area contributed by atoms with Crippen molar-refractivity contribution in [3.05, 3.63) is 0 Å². The molecular formula is C2H10O8S2. The lowest BCUT2D eigenvalue weighted by Gasteiger charge is -1.68. The molecule has 78 valence electrons. The van der Waals surface area contributed by atoms with E-state index in [0.29, 0.717) is 0 Å². The van der Waals surface area contributed by atoms with Gasteiger partial charge >= 0.3 is 20.8 Å². The van der Waals surface area contributed by atoms with Gasteiger partial charge in [0, 0.05) is 0 Å². The monoisotopic (exact) mass is 226 g/mol. The summed E-state index contributed by atoms with van der Waals surface area (Å²) in [6.45, 7) is 4.00. The van der Waals surface area contributed by atoms with Gasteiger partial charge in [-0.1, -0.05) is 13.8 Å². The minimum Gasteiger partial charge on any atom is -0.264 e. The van der Waals surface area contributed by atoms with Gasteiger partial charge < -0.3 is 0 Å². The third-order valence-corrected chi connectivity index (χ3v) is 0. The highest BCUT2D eigenvalue weighted by Crippen LogP contribution is 1.59. The molecular weight excluding hydrogens is 216 g/mol. The predicted octanol–water partition coefficient (Wildman–Crippen LogP) is -0.279. The maximum Gasteiger partial charge on any atom is 0.394 e. The summed E-state index contributed by atoms with van der Waals surface area (Å²) in [5.41, 5.74) is 0. The molecule has 0 rings (SSSR count). The molecule has 0 bridgehead atoms. The highest BCUT2D eigenvalue weighted by molar-refractivity contribution is 7.80. The van der Waals surface area contributed by atoms with Crippen LogP contribution < -0.4 is 0 Å². The molecule has 0 atom stereocenters. The van der Waals surface area contributed by atoms with Crippen LogP contribution in [0.4, 0.5) is 0 Å². The number of hydrogen-bond donors (Lipinski definition) is 4. The summed E-state index contributed by atoms with van der Waals surface area (Å²) in [6.07, 6.45) is 0. The van der Waals surface area contributed by atoms with Crippen molar-refractivity contribution in [3.63, 3.8) is 0 Å². The van der Waals surface area contributed by atoms with Gasteiger partial charge in [-0.25, -0.2) is 0 Å². The summed E-state index contributed by atoms with van der Waals surface area (Å²) in [7, 11) is -9.33. The first-order valence-corrected chi connectivity index (χ1v) is 5.19. The normalized spacial score (nSPS) is 10.2. The molecule has 8 nitrogen and oxygen atoms in total. The van der Waals surface area contributed by atoms with Crippen LogP contribution in [0.5, 0.6) is 0 Å². The van der Waals surface area contributed by atoms with E-state index in [1.165, 1.54) is 0 Å². The lowest BCUT2D eigenvalue weighted by Crippen LogP contribution is -1.89. The van der Waals surface area contributed by atoms with Gasteiger partial charge in [-0.05, 0) is 0 Å². The zero-order valence-electron chi connectivity index (χ0n) is 6.24. The Bertz CT molecular complexity index is 211. The summed E-state index contributed by atoms with van der Waals surface area (Å²) in [5, 5.41) is 0. The minimum atomic E-state index is -4.67. The number of hydrogen-bond acceptors (Lipinski definition) is 4. The Hall–Kier alpha value is -0.260. The second-order valence-electron chi connectivity index (χ2n) is 0.896. The fourth-order valence-corrected chi connectivity index (χ4v) is 0.